The Morgan fingerprint density at radius 2 is 2.20 bits per heavy atom. The average molecular weight is 218 g/mol. The summed E-state index contributed by atoms with van der Waals surface area (Å²) in [6.45, 7) is 0. The third kappa shape index (κ3) is 1.58. The molecule has 10 heavy (non-hydrogen) atoms. The van der Waals surface area contributed by atoms with E-state index in [-0.39, 0.29) is 0 Å². The molecular formula is C7H5BrClN. The van der Waals surface area contributed by atoms with E-state index in [0.29, 0.717) is 5.02 Å². The minimum atomic E-state index is 0.678. The van der Waals surface area contributed by atoms with Gasteiger partial charge < -0.3 is 5.41 Å². The van der Waals surface area contributed by atoms with Crippen LogP contribution in [0.4, 0.5) is 0 Å². The lowest BCUT2D eigenvalue weighted by molar-refractivity contribution is 1.52. The highest BCUT2D eigenvalue weighted by molar-refractivity contribution is 9.10. The Morgan fingerprint density at radius 3 is 2.70 bits per heavy atom. The molecule has 3 heteroatoms. The van der Waals surface area contributed by atoms with Gasteiger partial charge >= 0.3 is 0 Å². The van der Waals surface area contributed by atoms with Crippen molar-refractivity contribution >= 4 is 33.7 Å². The summed E-state index contributed by atoms with van der Waals surface area (Å²) in [5.41, 5.74) is 0.837. The van der Waals surface area contributed by atoms with Crippen molar-refractivity contribution in [3.63, 3.8) is 0 Å². The first kappa shape index (κ1) is 7.76. The number of nitrogens with one attached hydrogen (secondary N) is 1. The van der Waals surface area contributed by atoms with Crippen LogP contribution < -0.4 is 0 Å². The van der Waals surface area contributed by atoms with Gasteiger partial charge in [-0.15, -0.1) is 0 Å². The van der Waals surface area contributed by atoms with Gasteiger partial charge in [0.2, 0.25) is 0 Å². The number of hydrogen-bond acceptors (Lipinski definition) is 1. The highest BCUT2D eigenvalue weighted by Crippen LogP contribution is 2.19. The van der Waals surface area contributed by atoms with Crippen molar-refractivity contribution < 1.29 is 0 Å². The summed E-state index contributed by atoms with van der Waals surface area (Å²) in [5.74, 6) is 0. The van der Waals surface area contributed by atoms with Crippen LogP contribution >= 0.6 is 27.5 Å². The van der Waals surface area contributed by atoms with Gasteiger partial charge in [-0.1, -0.05) is 33.6 Å². The van der Waals surface area contributed by atoms with Gasteiger partial charge in [0, 0.05) is 21.3 Å². The van der Waals surface area contributed by atoms with Crippen LogP contribution in [0.3, 0.4) is 0 Å². The summed E-state index contributed by atoms with van der Waals surface area (Å²) in [5, 5.41) is 7.64. The van der Waals surface area contributed by atoms with E-state index in [9.17, 15) is 0 Å². The fourth-order valence-corrected chi connectivity index (χ4v) is 1.42. The smallest absolute Gasteiger partial charge is 0.0417 e. The molecule has 0 saturated heterocycles. The zero-order valence-electron chi connectivity index (χ0n) is 5.07. The Labute approximate surface area is 72.7 Å². The predicted molar refractivity (Wildman–Crippen MR) is 47.0 cm³/mol. The Hall–Kier alpha value is -0.340. The van der Waals surface area contributed by atoms with Gasteiger partial charge in [0.15, 0.2) is 0 Å². The minimum Gasteiger partial charge on any atom is -0.308 e. The zero-order chi connectivity index (χ0) is 7.56. The number of halogens is 2. The second-order valence-electron chi connectivity index (χ2n) is 1.81. The number of hydrogen-bond donors (Lipinski definition) is 1. The molecule has 0 radical (unpaired) electrons. The summed E-state index contributed by atoms with van der Waals surface area (Å²) in [6.07, 6.45) is 1.28. The summed E-state index contributed by atoms with van der Waals surface area (Å²) in [6, 6.07) is 5.31. The van der Waals surface area contributed by atoms with Gasteiger partial charge in [0.05, 0.1) is 0 Å². The van der Waals surface area contributed by atoms with Gasteiger partial charge in [-0.05, 0) is 12.1 Å². The van der Waals surface area contributed by atoms with Crippen molar-refractivity contribution in [3.05, 3.63) is 33.3 Å². The summed E-state index contributed by atoms with van der Waals surface area (Å²) < 4.78 is 0.856. The molecule has 52 valence electrons. The van der Waals surface area contributed by atoms with Crippen molar-refractivity contribution in [2.24, 2.45) is 0 Å². The minimum absolute atomic E-state index is 0.678. The van der Waals surface area contributed by atoms with Crippen LogP contribution in [0.5, 0.6) is 0 Å². The van der Waals surface area contributed by atoms with Gasteiger partial charge in [-0.2, -0.15) is 0 Å². The van der Waals surface area contributed by atoms with Crippen LogP contribution in [0.1, 0.15) is 5.56 Å². The maximum atomic E-state index is 6.96. The molecule has 0 fully saturated rings. The molecule has 0 atom stereocenters. The molecule has 1 N–H and O–H groups in total. The van der Waals surface area contributed by atoms with Gasteiger partial charge in [-0.25, -0.2) is 0 Å². The molecule has 0 aliphatic rings. The highest BCUT2D eigenvalue weighted by atomic mass is 79.9. The summed E-state index contributed by atoms with van der Waals surface area (Å²) in [7, 11) is 0. The van der Waals surface area contributed by atoms with E-state index in [1.54, 1.807) is 18.2 Å². The number of benzene rings is 1. The molecule has 0 spiro atoms. The fourth-order valence-electron chi connectivity index (χ4n) is 0.619. The largest absolute Gasteiger partial charge is 0.308 e. The van der Waals surface area contributed by atoms with E-state index >= 15 is 0 Å². The maximum absolute atomic E-state index is 6.96. The first-order valence-electron chi connectivity index (χ1n) is 2.69. The van der Waals surface area contributed by atoms with Crippen molar-refractivity contribution in [2.75, 3.05) is 0 Å². The summed E-state index contributed by atoms with van der Waals surface area (Å²) >= 11 is 8.94. The van der Waals surface area contributed by atoms with Gasteiger partial charge in [0.25, 0.3) is 0 Å². The molecule has 0 saturated carbocycles. The van der Waals surface area contributed by atoms with Gasteiger partial charge in [0.1, 0.15) is 0 Å². The average Bonchev–Trinajstić information content (AvgIpc) is 1.88. The highest BCUT2D eigenvalue weighted by Gasteiger charge is 1.95. The first-order chi connectivity index (χ1) is 4.74. The van der Waals surface area contributed by atoms with Crippen molar-refractivity contribution in [3.8, 4) is 0 Å². The van der Waals surface area contributed by atoms with Crippen LogP contribution in [-0.4, -0.2) is 6.21 Å². The number of rotatable bonds is 1. The Kier molecular flexibility index (Phi) is 2.46. The molecule has 0 bridgehead atoms. The molecule has 0 unspecified atom stereocenters. The Balaban J connectivity index is 3.19. The molecule has 1 rings (SSSR count). The van der Waals surface area contributed by atoms with Crippen LogP contribution in [0.15, 0.2) is 22.7 Å². The van der Waals surface area contributed by atoms with Crippen LogP contribution in [0, 0.1) is 5.41 Å². The molecule has 0 aliphatic carbocycles. The van der Waals surface area contributed by atoms with E-state index in [0.717, 1.165) is 10.0 Å². The van der Waals surface area contributed by atoms with Crippen molar-refractivity contribution in [1.82, 2.24) is 0 Å². The van der Waals surface area contributed by atoms with Crippen molar-refractivity contribution in [1.29, 1.82) is 5.41 Å². The zero-order valence-corrected chi connectivity index (χ0v) is 7.41. The quantitative estimate of drug-likeness (QED) is 0.701. The van der Waals surface area contributed by atoms with E-state index in [2.05, 4.69) is 15.9 Å². The second-order valence-corrected chi connectivity index (χ2v) is 3.10. The molecule has 1 aromatic rings. The third-order valence-electron chi connectivity index (χ3n) is 1.12. The van der Waals surface area contributed by atoms with Gasteiger partial charge in [-0.3, -0.25) is 0 Å². The van der Waals surface area contributed by atoms with E-state index < -0.39 is 0 Å². The maximum Gasteiger partial charge on any atom is 0.0417 e. The SMILES string of the molecule is N=Cc1ccc(Cl)cc1Br. The van der Waals surface area contributed by atoms with E-state index in [4.69, 9.17) is 17.0 Å². The van der Waals surface area contributed by atoms with Crippen LogP contribution in [-0.2, 0) is 0 Å². The summed E-state index contributed by atoms with van der Waals surface area (Å²) in [4.78, 5) is 0. The second kappa shape index (κ2) is 3.17. The van der Waals surface area contributed by atoms with Crippen LogP contribution in [0.2, 0.25) is 5.02 Å². The lowest BCUT2D eigenvalue weighted by Crippen LogP contribution is -1.79. The molecule has 1 aromatic carbocycles. The Morgan fingerprint density at radius 1 is 1.50 bits per heavy atom. The monoisotopic (exact) mass is 217 g/mol. The molecule has 1 nitrogen and oxygen atoms in total. The standard InChI is InChI=1S/C7H5BrClN/c8-7-3-6(9)2-1-5(7)4-10/h1-4,10H. The van der Waals surface area contributed by atoms with Crippen molar-refractivity contribution in [2.45, 2.75) is 0 Å². The third-order valence-corrected chi connectivity index (χ3v) is 2.04. The lowest BCUT2D eigenvalue weighted by Gasteiger charge is -1.95. The lowest BCUT2D eigenvalue weighted by atomic mass is 10.2. The molecule has 0 aliphatic heterocycles. The van der Waals surface area contributed by atoms with E-state index in [1.807, 2.05) is 0 Å². The molecule has 0 heterocycles. The van der Waals surface area contributed by atoms with Crippen LogP contribution in [0.25, 0.3) is 0 Å². The molecule has 0 aromatic heterocycles. The molecular weight excluding hydrogens is 213 g/mol. The predicted octanol–water partition coefficient (Wildman–Crippen LogP) is 3.10. The normalized spacial score (nSPS) is 9.40. The molecule has 0 amide bonds. The first-order valence-corrected chi connectivity index (χ1v) is 3.86. The topological polar surface area (TPSA) is 23.9 Å². The fraction of sp³-hybridized carbons (Fsp3) is 0. The Bertz CT molecular complexity index is 260. The van der Waals surface area contributed by atoms with E-state index in [1.165, 1.54) is 6.21 Å².